The SMILES string of the molecule is N#CC(C(=O)C1CCS(=O)(=O)C1)c1cccnc1. The van der Waals surface area contributed by atoms with Gasteiger partial charge in [0.25, 0.3) is 0 Å². The number of carbonyl (C=O) groups excluding carboxylic acids is 1. The Morgan fingerprint density at radius 2 is 2.33 bits per heavy atom. The van der Waals surface area contributed by atoms with Crippen molar-refractivity contribution in [2.45, 2.75) is 12.3 Å². The van der Waals surface area contributed by atoms with Gasteiger partial charge in [0.15, 0.2) is 15.6 Å². The summed E-state index contributed by atoms with van der Waals surface area (Å²) >= 11 is 0. The first-order valence-corrected chi connectivity index (χ1v) is 7.39. The number of aromatic nitrogens is 1. The van der Waals surface area contributed by atoms with Gasteiger partial charge in [-0.1, -0.05) is 6.07 Å². The van der Waals surface area contributed by atoms with Gasteiger partial charge in [0, 0.05) is 18.3 Å². The second kappa shape index (κ2) is 4.86. The number of Topliss-reactive ketones (excluding diaryl/α,β-unsaturated/α-hetero) is 1. The summed E-state index contributed by atoms with van der Waals surface area (Å²) in [5.74, 6) is -1.89. The highest BCUT2D eigenvalue weighted by Crippen LogP contribution is 2.26. The minimum absolute atomic E-state index is 0.0363. The fourth-order valence-electron chi connectivity index (χ4n) is 2.10. The molecule has 6 heteroatoms. The van der Waals surface area contributed by atoms with Crippen LogP contribution in [0.3, 0.4) is 0 Å². The van der Waals surface area contributed by atoms with Crippen LogP contribution in [-0.4, -0.2) is 30.7 Å². The monoisotopic (exact) mass is 264 g/mol. The Kier molecular flexibility index (Phi) is 3.43. The Hall–Kier alpha value is -1.74. The lowest BCUT2D eigenvalue weighted by atomic mass is 9.89. The maximum Gasteiger partial charge on any atom is 0.158 e. The summed E-state index contributed by atoms with van der Waals surface area (Å²) in [6.07, 6.45) is 3.34. The first-order chi connectivity index (χ1) is 8.53. The number of sulfone groups is 1. The van der Waals surface area contributed by atoms with E-state index in [0.717, 1.165) is 0 Å². The van der Waals surface area contributed by atoms with E-state index in [1.54, 1.807) is 18.3 Å². The van der Waals surface area contributed by atoms with Gasteiger partial charge in [-0.25, -0.2) is 8.42 Å². The Morgan fingerprint density at radius 3 is 2.83 bits per heavy atom. The predicted octanol–water partition coefficient (Wildman–Crippen LogP) is 0.693. The molecule has 1 aromatic heterocycles. The largest absolute Gasteiger partial charge is 0.297 e. The van der Waals surface area contributed by atoms with Gasteiger partial charge in [-0.05, 0) is 18.1 Å². The second-order valence-corrected chi connectivity index (χ2v) is 6.58. The third-order valence-electron chi connectivity index (χ3n) is 3.07. The molecule has 0 spiro atoms. The summed E-state index contributed by atoms with van der Waals surface area (Å²) in [4.78, 5) is 16.0. The molecule has 94 valence electrons. The van der Waals surface area contributed by atoms with Gasteiger partial charge < -0.3 is 0 Å². The normalized spacial score (nSPS) is 23.2. The zero-order valence-electron chi connectivity index (χ0n) is 9.61. The van der Waals surface area contributed by atoms with Crippen molar-refractivity contribution in [1.82, 2.24) is 4.98 Å². The Bertz CT molecular complexity index is 589. The lowest BCUT2D eigenvalue weighted by Crippen LogP contribution is -2.22. The zero-order valence-corrected chi connectivity index (χ0v) is 10.4. The molecule has 18 heavy (non-hydrogen) atoms. The van der Waals surface area contributed by atoms with E-state index in [4.69, 9.17) is 5.26 Å². The number of hydrogen-bond donors (Lipinski definition) is 0. The third-order valence-corrected chi connectivity index (χ3v) is 4.83. The molecule has 0 N–H and O–H groups in total. The maximum atomic E-state index is 12.2. The molecule has 1 aliphatic heterocycles. The minimum Gasteiger partial charge on any atom is -0.297 e. The maximum absolute atomic E-state index is 12.2. The Morgan fingerprint density at radius 1 is 1.56 bits per heavy atom. The highest BCUT2D eigenvalue weighted by atomic mass is 32.2. The molecule has 0 amide bonds. The van der Waals surface area contributed by atoms with Crippen molar-refractivity contribution in [3.8, 4) is 6.07 Å². The van der Waals surface area contributed by atoms with E-state index in [-0.39, 0.29) is 17.3 Å². The van der Waals surface area contributed by atoms with Gasteiger partial charge >= 0.3 is 0 Å². The van der Waals surface area contributed by atoms with Crippen molar-refractivity contribution in [2.24, 2.45) is 5.92 Å². The van der Waals surface area contributed by atoms with Crippen LogP contribution in [0.15, 0.2) is 24.5 Å². The minimum atomic E-state index is -3.11. The van der Waals surface area contributed by atoms with Crippen LogP contribution in [0.4, 0.5) is 0 Å². The first kappa shape index (κ1) is 12.7. The molecule has 0 bridgehead atoms. The number of rotatable bonds is 3. The first-order valence-electron chi connectivity index (χ1n) is 5.57. The van der Waals surface area contributed by atoms with Crippen molar-refractivity contribution in [2.75, 3.05) is 11.5 Å². The van der Waals surface area contributed by atoms with E-state index in [9.17, 15) is 13.2 Å². The van der Waals surface area contributed by atoms with E-state index in [2.05, 4.69) is 4.98 Å². The van der Waals surface area contributed by atoms with E-state index < -0.39 is 21.7 Å². The van der Waals surface area contributed by atoms with Gasteiger partial charge in [-0.2, -0.15) is 5.26 Å². The van der Waals surface area contributed by atoms with Crippen LogP contribution in [0.1, 0.15) is 17.9 Å². The summed E-state index contributed by atoms with van der Waals surface area (Å²) < 4.78 is 22.7. The van der Waals surface area contributed by atoms with E-state index in [1.165, 1.54) is 6.20 Å². The molecular formula is C12H12N2O3S. The van der Waals surface area contributed by atoms with Gasteiger partial charge in [0.05, 0.1) is 17.6 Å². The fourth-order valence-corrected chi connectivity index (χ4v) is 3.86. The van der Waals surface area contributed by atoms with E-state index in [0.29, 0.717) is 12.0 Å². The topological polar surface area (TPSA) is 87.9 Å². The molecule has 1 saturated heterocycles. The highest BCUT2D eigenvalue weighted by Gasteiger charge is 2.36. The standard InChI is InChI=1S/C12H12N2O3S/c13-6-11(9-2-1-4-14-7-9)12(15)10-3-5-18(16,17)8-10/h1-2,4,7,10-11H,3,5,8H2. The molecule has 5 nitrogen and oxygen atoms in total. The summed E-state index contributed by atoms with van der Waals surface area (Å²) in [5.41, 5.74) is 0.522. The van der Waals surface area contributed by atoms with Crippen molar-refractivity contribution in [3.63, 3.8) is 0 Å². The van der Waals surface area contributed by atoms with E-state index in [1.807, 2.05) is 6.07 Å². The van der Waals surface area contributed by atoms with Gasteiger partial charge in [0.2, 0.25) is 0 Å². The zero-order chi connectivity index (χ0) is 13.2. The van der Waals surface area contributed by atoms with Gasteiger partial charge in [-0.3, -0.25) is 9.78 Å². The Labute approximate surface area is 105 Å². The molecule has 2 unspecified atom stereocenters. The molecule has 2 rings (SSSR count). The van der Waals surface area contributed by atoms with Crippen LogP contribution in [0, 0.1) is 17.2 Å². The lowest BCUT2D eigenvalue weighted by molar-refractivity contribution is -0.122. The fraction of sp³-hybridized carbons (Fsp3) is 0.417. The number of pyridine rings is 1. The lowest BCUT2D eigenvalue weighted by Gasteiger charge is -2.11. The number of nitriles is 1. The molecule has 0 aliphatic carbocycles. The van der Waals surface area contributed by atoms with E-state index >= 15 is 0 Å². The van der Waals surface area contributed by atoms with Crippen molar-refractivity contribution in [1.29, 1.82) is 5.26 Å². The van der Waals surface area contributed by atoms with Crippen molar-refractivity contribution >= 4 is 15.6 Å². The number of nitrogens with zero attached hydrogens (tertiary/aromatic N) is 2. The summed E-state index contributed by atoms with van der Waals surface area (Å²) in [5, 5.41) is 9.09. The van der Waals surface area contributed by atoms with Crippen molar-refractivity contribution < 1.29 is 13.2 Å². The van der Waals surface area contributed by atoms with Crippen LogP contribution in [0.2, 0.25) is 0 Å². The molecule has 0 aromatic carbocycles. The molecule has 2 atom stereocenters. The number of hydrogen-bond acceptors (Lipinski definition) is 5. The number of carbonyl (C=O) groups is 1. The molecule has 1 aliphatic rings. The molecular weight excluding hydrogens is 252 g/mol. The van der Waals surface area contributed by atoms with Crippen LogP contribution in [0.5, 0.6) is 0 Å². The van der Waals surface area contributed by atoms with Gasteiger partial charge in [-0.15, -0.1) is 0 Å². The summed E-state index contributed by atoms with van der Waals surface area (Å²) in [7, 11) is -3.11. The molecule has 2 heterocycles. The van der Waals surface area contributed by atoms with Gasteiger partial charge in [0.1, 0.15) is 5.92 Å². The second-order valence-electron chi connectivity index (χ2n) is 4.35. The summed E-state index contributed by atoms with van der Waals surface area (Å²) in [6, 6.07) is 5.24. The van der Waals surface area contributed by atoms with Crippen LogP contribution >= 0.6 is 0 Å². The predicted molar refractivity (Wildman–Crippen MR) is 64.4 cm³/mol. The summed E-state index contributed by atoms with van der Waals surface area (Å²) in [6.45, 7) is 0. The number of ketones is 1. The van der Waals surface area contributed by atoms with Crippen LogP contribution < -0.4 is 0 Å². The Balaban J connectivity index is 2.21. The van der Waals surface area contributed by atoms with Crippen LogP contribution in [0.25, 0.3) is 0 Å². The average Bonchev–Trinajstić information content (AvgIpc) is 2.72. The molecule has 0 saturated carbocycles. The molecule has 0 radical (unpaired) electrons. The highest BCUT2D eigenvalue weighted by molar-refractivity contribution is 7.91. The smallest absolute Gasteiger partial charge is 0.158 e. The van der Waals surface area contributed by atoms with Crippen molar-refractivity contribution in [3.05, 3.63) is 30.1 Å². The molecule has 1 fully saturated rings. The third kappa shape index (κ3) is 2.57. The quantitative estimate of drug-likeness (QED) is 0.801. The van der Waals surface area contributed by atoms with Crippen LogP contribution in [-0.2, 0) is 14.6 Å². The molecule has 1 aromatic rings. The average molecular weight is 264 g/mol.